The van der Waals surface area contributed by atoms with E-state index in [1.807, 2.05) is 42.5 Å². The second-order valence-electron chi connectivity index (χ2n) is 8.72. The molecule has 1 aliphatic heterocycles. The fourth-order valence-corrected chi connectivity index (χ4v) is 6.55. The van der Waals surface area contributed by atoms with E-state index in [1.165, 1.54) is 12.8 Å². The van der Waals surface area contributed by atoms with Crippen LogP contribution < -0.4 is 5.32 Å². The van der Waals surface area contributed by atoms with Gasteiger partial charge in [-0.3, -0.25) is 9.59 Å². The molecule has 3 atom stereocenters. The van der Waals surface area contributed by atoms with Crippen molar-refractivity contribution in [2.75, 3.05) is 5.32 Å². The smallest absolute Gasteiger partial charge is 0.236 e. The number of carbonyl (C=O) groups is 2. The Morgan fingerprint density at radius 3 is 2.45 bits per heavy atom. The second kappa shape index (κ2) is 7.14. The van der Waals surface area contributed by atoms with E-state index in [0.29, 0.717) is 28.8 Å². The maximum Gasteiger partial charge on any atom is 0.236 e. The summed E-state index contributed by atoms with van der Waals surface area (Å²) in [5.41, 5.74) is 1.98. The van der Waals surface area contributed by atoms with E-state index < -0.39 is 5.41 Å². The molecule has 2 aliphatic carbocycles. The molecule has 0 aromatic heterocycles. The first-order chi connectivity index (χ1) is 14.0. The quantitative estimate of drug-likeness (QED) is 0.625. The molecule has 29 heavy (non-hydrogen) atoms. The number of Topliss-reactive ketones (excluding diaryl/α,β-unsaturated/α-hetero) is 1. The van der Waals surface area contributed by atoms with Crippen molar-refractivity contribution in [3.05, 3.63) is 63.6 Å². The molecular formula is C24H23Cl2NO2. The number of rotatable bonds is 2. The van der Waals surface area contributed by atoms with Crippen LogP contribution in [0.1, 0.15) is 55.6 Å². The average molecular weight is 428 g/mol. The molecule has 3 nitrogen and oxygen atoms in total. The van der Waals surface area contributed by atoms with Crippen molar-refractivity contribution < 1.29 is 9.59 Å². The van der Waals surface area contributed by atoms with E-state index >= 15 is 0 Å². The molecule has 0 radical (unpaired) electrons. The maximum absolute atomic E-state index is 13.8. The molecule has 1 heterocycles. The summed E-state index contributed by atoms with van der Waals surface area (Å²) >= 11 is 12.5. The molecule has 0 unspecified atom stereocenters. The molecule has 2 aromatic carbocycles. The van der Waals surface area contributed by atoms with Crippen molar-refractivity contribution in [2.45, 2.75) is 49.9 Å². The normalized spacial score (nSPS) is 29.3. The van der Waals surface area contributed by atoms with E-state index in [1.54, 1.807) is 0 Å². The summed E-state index contributed by atoms with van der Waals surface area (Å²) in [4.78, 5) is 26.7. The molecule has 1 amide bonds. The lowest BCUT2D eigenvalue weighted by Gasteiger charge is -2.48. The molecule has 0 saturated heterocycles. The number of hydrogen-bond acceptors (Lipinski definition) is 2. The Labute approximate surface area is 180 Å². The minimum Gasteiger partial charge on any atom is -0.325 e. The Bertz CT molecular complexity index is 998. The molecule has 5 heteroatoms. The second-order valence-corrected chi connectivity index (χ2v) is 9.59. The van der Waals surface area contributed by atoms with Gasteiger partial charge in [0.1, 0.15) is 5.78 Å². The highest BCUT2D eigenvalue weighted by Gasteiger charge is 2.61. The third-order valence-electron chi connectivity index (χ3n) is 7.29. The summed E-state index contributed by atoms with van der Waals surface area (Å²) in [6, 6.07) is 13.3. The van der Waals surface area contributed by atoms with Crippen molar-refractivity contribution in [3.8, 4) is 0 Å². The van der Waals surface area contributed by atoms with Crippen LogP contribution in [0.2, 0.25) is 10.0 Å². The van der Waals surface area contributed by atoms with Gasteiger partial charge in [-0.15, -0.1) is 0 Å². The molecule has 2 fully saturated rings. The Hall–Kier alpha value is -1.84. The molecule has 5 rings (SSSR count). The van der Waals surface area contributed by atoms with Crippen LogP contribution in [0.15, 0.2) is 42.5 Å². The van der Waals surface area contributed by atoms with Gasteiger partial charge in [-0.1, -0.05) is 67.1 Å². The summed E-state index contributed by atoms with van der Waals surface area (Å²) < 4.78 is 0. The van der Waals surface area contributed by atoms with Crippen LogP contribution in [0.25, 0.3) is 0 Å². The average Bonchev–Trinajstić information content (AvgIpc) is 3.31. The number of anilines is 1. The number of benzene rings is 2. The number of amides is 1. The largest absolute Gasteiger partial charge is 0.325 e. The molecule has 0 bridgehead atoms. The van der Waals surface area contributed by atoms with Gasteiger partial charge in [0.25, 0.3) is 0 Å². The van der Waals surface area contributed by atoms with Crippen molar-refractivity contribution in [1.29, 1.82) is 0 Å². The lowest BCUT2D eigenvalue weighted by Crippen LogP contribution is -2.53. The summed E-state index contributed by atoms with van der Waals surface area (Å²) in [5, 5.41) is 4.34. The molecule has 3 aliphatic rings. The van der Waals surface area contributed by atoms with Crippen LogP contribution in [0, 0.1) is 11.8 Å². The number of carbonyl (C=O) groups excluding carboxylic acids is 2. The lowest BCUT2D eigenvalue weighted by atomic mass is 9.52. The number of halogens is 2. The SMILES string of the molecule is O=C1C[C@@H](c2cccc(Cl)c2)[C@]2(C(=O)Nc3cc(Cl)ccc32)[C@H](C2CCCC2)C1. The van der Waals surface area contributed by atoms with Gasteiger partial charge in [0.15, 0.2) is 0 Å². The van der Waals surface area contributed by atoms with Crippen LogP contribution in [0.5, 0.6) is 0 Å². The number of ketones is 1. The Morgan fingerprint density at radius 2 is 1.69 bits per heavy atom. The van der Waals surface area contributed by atoms with Gasteiger partial charge in [-0.05, 0) is 47.2 Å². The van der Waals surface area contributed by atoms with Crippen molar-refractivity contribution in [1.82, 2.24) is 0 Å². The zero-order valence-corrected chi connectivity index (χ0v) is 17.6. The molecule has 2 aromatic rings. The van der Waals surface area contributed by atoms with Crippen LogP contribution in [0.4, 0.5) is 5.69 Å². The van der Waals surface area contributed by atoms with Crippen molar-refractivity contribution >= 4 is 40.6 Å². The minimum atomic E-state index is -0.756. The Balaban J connectivity index is 1.75. The highest BCUT2D eigenvalue weighted by molar-refractivity contribution is 6.31. The zero-order valence-electron chi connectivity index (χ0n) is 16.1. The summed E-state index contributed by atoms with van der Waals surface area (Å²) in [5.74, 6) is 0.401. The predicted octanol–water partition coefficient (Wildman–Crippen LogP) is 6.14. The number of fused-ring (bicyclic) bond motifs is 2. The van der Waals surface area contributed by atoms with Gasteiger partial charge in [0.2, 0.25) is 5.91 Å². The molecule has 2 saturated carbocycles. The fourth-order valence-electron chi connectivity index (χ4n) is 6.18. The van der Waals surface area contributed by atoms with Crippen LogP contribution >= 0.6 is 23.2 Å². The van der Waals surface area contributed by atoms with Gasteiger partial charge >= 0.3 is 0 Å². The number of nitrogens with one attached hydrogen (secondary N) is 1. The van der Waals surface area contributed by atoms with E-state index in [4.69, 9.17) is 23.2 Å². The minimum absolute atomic E-state index is 0.00217. The first-order valence-corrected chi connectivity index (χ1v) is 11.1. The standard InChI is InChI=1S/C24H23Cl2NO2/c25-16-7-3-6-15(10-16)21-13-18(28)12-20(14-4-1-2-5-14)24(21)19-9-8-17(26)11-22(19)27-23(24)29/h3,6-11,14,20-21H,1-2,4-5,12-13H2,(H,27,29)/t20-,21-,24+/m0/s1. The zero-order chi connectivity index (χ0) is 20.2. The van der Waals surface area contributed by atoms with E-state index in [0.717, 1.165) is 29.7 Å². The Kier molecular flexibility index (Phi) is 4.71. The van der Waals surface area contributed by atoms with Gasteiger partial charge in [-0.2, -0.15) is 0 Å². The summed E-state index contributed by atoms with van der Waals surface area (Å²) in [7, 11) is 0. The summed E-state index contributed by atoms with van der Waals surface area (Å²) in [6.45, 7) is 0. The van der Waals surface area contributed by atoms with Gasteiger partial charge < -0.3 is 5.32 Å². The predicted molar refractivity (Wildman–Crippen MR) is 116 cm³/mol. The highest BCUT2D eigenvalue weighted by atomic mass is 35.5. The van der Waals surface area contributed by atoms with Gasteiger partial charge in [-0.25, -0.2) is 0 Å². The van der Waals surface area contributed by atoms with Crippen LogP contribution in [-0.4, -0.2) is 11.7 Å². The molecule has 150 valence electrons. The van der Waals surface area contributed by atoms with E-state index in [-0.39, 0.29) is 23.5 Å². The van der Waals surface area contributed by atoms with Crippen molar-refractivity contribution in [2.24, 2.45) is 11.8 Å². The van der Waals surface area contributed by atoms with E-state index in [2.05, 4.69) is 5.32 Å². The third kappa shape index (κ3) is 2.93. The monoisotopic (exact) mass is 427 g/mol. The fraction of sp³-hybridized carbons (Fsp3) is 0.417. The first-order valence-electron chi connectivity index (χ1n) is 10.4. The van der Waals surface area contributed by atoms with Gasteiger partial charge in [0.05, 0.1) is 5.41 Å². The van der Waals surface area contributed by atoms with Crippen LogP contribution in [-0.2, 0) is 15.0 Å². The Morgan fingerprint density at radius 1 is 0.931 bits per heavy atom. The molecular weight excluding hydrogens is 405 g/mol. The third-order valence-corrected chi connectivity index (χ3v) is 7.76. The highest BCUT2D eigenvalue weighted by Crippen LogP contribution is 2.60. The maximum atomic E-state index is 13.8. The molecule has 1 spiro atoms. The summed E-state index contributed by atoms with van der Waals surface area (Å²) in [6.07, 6.45) is 5.33. The van der Waals surface area contributed by atoms with Gasteiger partial charge in [0, 0.05) is 34.5 Å². The topological polar surface area (TPSA) is 46.2 Å². The van der Waals surface area contributed by atoms with Crippen molar-refractivity contribution in [3.63, 3.8) is 0 Å². The molecule has 1 N–H and O–H groups in total. The van der Waals surface area contributed by atoms with Crippen LogP contribution in [0.3, 0.4) is 0 Å². The number of hydrogen-bond donors (Lipinski definition) is 1. The lowest BCUT2D eigenvalue weighted by molar-refractivity contribution is -0.132. The van der Waals surface area contributed by atoms with E-state index in [9.17, 15) is 9.59 Å². The first kappa shape index (κ1) is 19.1.